The van der Waals surface area contributed by atoms with Crippen LogP contribution in [0.4, 0.5) is 23.7 Å². The number of alkyl halides is 3. The van der Waals surface area contributed by atoms with Crippen molar-refractivity contribution in [3.8, 4) is 0 Å². The van der Waals surface area contributed by atoms with Crippen molar-refractivity contribution in [2.45, 2.75) is 17.8 Å². The SMILES string of the molecule is O=C(Nc1cccc(C(F)(F)F)c1)N1CCS[C@@H](c2ccccc2)CC1. The van der Waals surface area contributed by atoms with Crippen molar-refractivity contribution in [2.75, 3.05) is 24.2 Å². The van der Waals surface area contributed by atoms with Crippen LogP contribution in [0.3, 0.4) is 0 Å². The Bertz CT molecular complexity index is 752. The van der Waals surface area contributed by atoms with Gasteiger partial charge in [-0.15, -0.1) is 0 Å². The standard InChI is InChI=1S/C19H19F3N2OS/c20-19(21,22)15-7-4-8-16(13-15)23-18(25)24-10-9-17(26-12-11-24)14-5-2-1-3-6-14/h1-8,13,17H,9-12H2,(H,23,25)/t17-/m1/s1. The molecule has 0 unspecified atom stereocenters. The molecular weight excluding hydrogens is 361 g/mol. The quantitative estimate of drug-likeness (QED) is 0.755. The van der Waals surface area contributed by atoms with E-state index in [1.165, 1.54) is 17.7 Å². The van der Waals surface area contributed by atoms with Gasteiger partial charge < -0.3 is 10.2 Å². The van der Waals surface area contributed by atoms with E-state index < -0.39 is 11.7 Å². The van der Waals surface area contributed by atoms with Gasteiger partial charge >= 0.3 is 12.2 Å². The van der Waals surface area contributed by atoms with Gasteiger partial charge in [0.1, 0.15) is 0 Å². The number of carbonyl (C=O) groups excluding carboxylic acids is 1. The Hall–Kier alpha value is -2.15. The molecular formula is C19H19F3N2OS. The van der Waals surface area contributed by atoms with E-state index in [0.29, 0.717) is 18.3 Å². The van der Waals surface area contributed by atoms with Crippen LogP contribution in [0.25, 0.3) is 0 Å². The summed E-state index contributed by atoms with van der Waals surface area (Å²) in [4.78, 5) is 14.1. The van der Waals surface area contributed by atoms with Gasteiger partial charge in [0.2, 0.25) is 0 Å². The number of hydrogen-bond donors (Lipinski definition) is 1. The summed E-state index contributed by atoms with van der Waals surface area (Å²) in [7, 11) is 0. The summed E-state index contributed by atoms with van der Waals surface area (Å²) >= 11 is 1.80. The molecule has 1 fully saturated rings. The summed E-state index contributed by atoms with van der Waals surface area (Å²) in [5, 5.41) is 2.91. The van der Waals surface area contributed by atoms with E-state index in [1.54, 1.807) is 16.7 Å². The minimum Gasteiger partial charge on any atom is -0.324 e. The van der Waals surface area contributed by atoms with E-state index >= 15 is 0 Å². The maximum atomic E-state index is 12.8. The lowest BCUT2D eigenvalue weighted by atomic mass is 10.1. The molecule has 2 aromatic carbocycles. The summed E-state index contributed by atoms with van der Waals surface area (Å²) < 4.78 is 38.4. The highest BCUT2D eigenvalue weighted by atomic mass is 32.2. The fourth-order valence-corrected chi connectivity index (χ4v) is 4.11. The van der Waals surface area contributed by atoms with Gasteiger partial charge in [-0.1, -0.05) is 36.4 Å². The Kier molecular flexibility index (Phi) is 5.76. The maximum absolute atomic E-state index is 12.8. The Morgan fingerprint density at radius 3 is 2.58 bits per heavy atom. The molecule has 2 amide bonds. The van der Waals surface area contributed by atoms with Crippen LogP contribution in [0.1, 0.15) is 22.8 Å². The molecule has 26 heavy (non-hydrogen) atoms. The van der Waals surface area contributed by atoms with E-state index in [2.05, 4.69) is 17.4 Å². The molecule has 3 nitrogen and oxygen atoms in total. The number of nitrogens with zero attached hydrogens (tertiary/aromatic N) is 1. The van der Waals surface area contributed by atoms with E-state index in [4.69, 9.17) is 0 Å². The summed E-state index contributed by atoms with van der Waals surface area (Å²) in [6.07, 6.45) is -3.62. The second-order valence-corrected chi connectivity index (χ2v) is 7.37. The summed E-state index contributed by atoms with van der Waals surface area (Å²) in [5.74, 6) is 0.787. The van der Waals surface area contributed by atoms with Crippen LogP contribution >= 0.6 is 11.8 Å². The Morgan fingerprint density at radius 1 is 1.08 bits per heavy atom. The molecule has 0 radical (unpaired) electrons. The van der Waals surface area contributed by atoms with Crippen molar-refractivity contribution < 1.29 is 18.0 Å². The molecule has 1 saturated heterocycles. The Morgan fingerprint density at radius 2 is 1.85 bits per heavy atom. The molecule has 2 aromatic rings. The van der Waals surface area contributed by atoms with Gasteiger partial charge in [0.05, 0.1) is 5.56 Å². The third kappa shape index (κ3) is 4.72. The monoisotopic (exact) mass is 380 g/mol. The number of thioether (sulfide) groups is 1. The first-order chi connectivity index (χ1) is 12.4. The van der Waals surface area contributed by atoms with Crippen LogP contribution in [-0.4, -0.2) is 29.8 Å². The largest absolute Gasteiger partial charge is 0.416 e. The molecule has 3 rings (SSSR count). The van der Waals surface area contributed by atoms with Crippen molar-refractivity contribution in [3.63, 3.8) is 0 Å². The molecule has 1 aliphatic heterocycles. The first-order valence-electron chi connectivity index (χ1n) is 8.33. The molecule has 1 atom stereocenters. The lowest BCUT2D eigenvalue weighted by Gasteiger charge is -2.21. The second-order valence-electron chi connectivity index (χ2n) is 6.05. The molecule has 0 bridgehead atoms. The summed E-state index contributed by atoms with van der Waals surface area (Å²) in [5.41, 5.74) is 0.616. The fourth-order valence-electron chi connectivity index (χ4n) is 2.88. The third-order valence-corrected chi connectivity index (χ3v) is 5.57. The van der Waals surface area contributed by atoms with E-state index in [9.17, 15) is 18.0 Å². The van der Waals surface area contributed by atoms with Crippen molar-refractivity contribution in [2.24, 2.45) is 0 Å². The Balaban J connectivity index is 1.62. The van der Waals surface area contributed by atoms with E-state index in [-0.39, 0.29) is 11.7 Å². The smallest absolute Gasteiger partial charge is 0.324 e. The van der Waals surface area contributed by atoms with Crippen molar-refractivity contribution >= 4 is 23.5 Å². The van der Waals surface area contributed by atoms with Gasteiger partial charge in [0.15, 0.2) is 0 Å². The van der Waals surface area contributed by atoms with Crippen LogP contribution in [0.2, 0.25) is 0 Å². The first-order valence-corrected chi connectivity index (χ1v) is 9.38. The van der Waals surface area contributed by atoms with Crippen LogP contribution < -0.4 is 5.32 Å². The predicted molar refractivity (Wildman–Crippen MR) is 98.3 cm³/mol. The van der Waals surface area contributed by atoms with Crippen LogP contribution in [0.5, 0.6) is 0 Å². The minimum absolute atomic E-state index is 0.154. The molecule has 138 valence electrons. The first kappa shape index (κ1) is 18.6. The minimum atomic E-state index is -4.43. The summed E-state index contributed by atoms with van der Waals surface area (Å²) in [6, 6.07) is 14.5. The topological polar surface area (TPSA) is 32.3 Å². The molecule has 0 spiro atoms. The van der Waals surface area contributed by atoms with Crippen molar-refractivity contribution in [1.82, 2.24) is 4.90 Å². The van der Waals surface area contributed by atoms with Crippen molar-refractivity contribution in [3.05, 3.63) is 65.7 Å². The molecule has 1 aliphatic rings. The number of nitrogens with one attached hydrogen (secondary N) is 1. The number of anilines is 1. The van der Waals surface area contributed by atoms with Gasteiger partial charge in [0, 0.05) is 29.8 Å². The zero-order chi connectivity index (χ0) is 18.6. The zero-order valence-corrected chi connectivity index (χ0v) is 14.8. The van der Waals surface area contributed by atoms with Gasteiger partial charge in [-0.05, 0) is 30.2 Å². The number of rotatable bonds is 2. The zero-order valence-electron chi connectivity index (χ0n) is 14.0. The highest BCUT2D eigenvalue weighted by Gasteiger charge is 2.30. The number of carbonyl (C=O) groups is 1. The third-order valence-electron chi connectivity index (χ3n) is 4.24. The second kappa shape index (κ2) is 8.03. The predicted octanol–water partition coefficient (Wildman–Crippen LogP) is 5.42. The molecule has 7 heteroatoms. The molecule has 0 saturated carbocycles. The Labute approximate surface area is 154 Å². The number of hydrogen-bond acceptors (Lipinski definition) is 2. The highest BCUT2D eigenvalue weighted by Crippen LogP contribution is 2.34. The molecule has 0 aromatic heterocycles. The maximum Gasteiger partial charge on any atom is 0.416 e. The fraction of sp³-hybridized carbons (Fsp3) is 0.316. The number of amides is 2. The van der Waals surface area contributed by atoms with Gasteiger partial charge in [-0.3, -0.25) is 0 Å². The van der Waals surface area contributed by atoms with Crippen LogP contribution in [0.15, 0.2) is 54.6 Å². The number of urea groups is 1. The van der Waals surface area contributed by atoms with Gasteiger partial charge in [-0.2, -0.15) is 24.9 Å². The highest BCUT2D eigenvalue weighted by molar-refractivity contribution is 7.99. The van der Waals surface area contributed by atoms with Crippen LogP contribution in [0, 0.1) is 0 Å². The summed E-state index contributed by atoms with van der Waals surface area (Å²) in [6.45, 7) is 1.14. The van der Waals surface area contributed by atoms with Gasteiger partial charge in [-0.25, -0.2) is 4.79 Å². The number of halogens is 3. The lowest BCUT2D eigenvalue weighted by molar-refractivity contribution is -0.137. The van der Waals surface area contributed by atoms with E-state index in [0.717, 1.165) is 24.3 Å². The average Bonchev–Trinajstić information content (AvgIpc) is 2.88. The van der Waals surface area contributed by atoms with Gasteiger partial charge in [0.25, 0.3) is 0 Å². The molecule has 0 aliphatic carbocycles. The normalized spacial score (nSPS) is 18.3. The average molecular weight is 380 g/mol. The molecule has 1 N–H and O–H groups in total. The van der Waals surface area contributed by atoms with E-state index in [1.807, 2.05) is 18.2 Å². The molecule has 1 heterocycles. The van der Waals surface area contributed by atoms with Crippen molar-refractivity contribution in [1.29, 1.82) is 0 Å². The van der Waals surface area contributed by atoms with Crippen LogP contribution in [-0.2, 0) is 6.18 Å². The number of benzene rings is 2. The lowest BCUT2D eigenvalue weighted by Crippen LogP contribution is -2.36.